The molecule has 1 aromatic rings. The van der Waals surface area contributed by atoms with Crippen molar-refractivity contribution < 1.29 is 9.60 Å². The lowest BCUT2D eigenvalue weighted by molar-refractivity contribution is 0.317. The second-order valence-corrected chi connectivity index (χ2v) is 2.92. The monoisotopic (exact) mass is 202 g/mol. The zero-order chi connectivity index (χ0) is 9.84. The highest BCUT2D eigenvalue weighted by Crippen LogP contribution is 2.16. The van der Waals surface area contributed by atoms with Gasteiger partial charge >= 0.3 is 0 Å². The molecular weight excluding hydrogens is 195 g/mol. The number of oxime groups is 1. The van der Waals surface area contributed by atoms with Crippen molar-refractivity contribution in [1.29, 1.82) is 0 Å². The van der Waals surface area contributed by atoms with E-state index in [0.717, 1.165) is 0 Å². The average Bonchev–Trinajstić information content (AvgIpc) is 2.11. The van der Waals surface area contributed by atoms with Gasteiger partial charge in [-0.1, -0.05) is 22.8 Å². The standard InChI is InChI=1S/C8H8ClFN2O/c9-6-3-5(1-2-7(6)10)4-8(11)12-13/h1-3,13H,4H2,(H2,11,12). The van der Waals surface area contributed by atoms with Crippen molar-refractivity contribution in [2.45, 2.75) is 6.42 Å². The zero-order valence-electron chi connectivity index (χ0n) is 6.67. The van der Waals surface area contributed by atoms with Crippen molar-refractivity contribution in [3.63, 3.8) is 0 Å². The van der Waals surface area contributed by atoms with Gasteiger partial charge in [0.05, 0.1) is 5.02 Å². The van der Waals surface area contributed by atoms with Gasteiger partial charge in [0.2, 0.25) is 0 Å². The van der Waals surface area contributed by atoms with E-state index < -0.39 is 5.82 Å². The zero-order valence-corrected chi connectivity index (χ0v) is 7.42. The summed E-state index contributed by atoms with van der Waals surface area (Å²) in [6.07, 6.45) is 0.247. The number of hydrogen-bond donors (Lipinski definition) is 2. The molecular formula is C8H8ClFN2O. The van der Waals surface area contributed by atoms with E-state index in [1.165, 1.54) is 18.2 Å². The molecule has 1 rings (SSSR count). The molecule has 0 fully saturated rings. The van der Waals surface area contributed by atoms with Crippen LogP contribution in [-0.4, -0.2) is 11.0 Å². The summed E-state index contributed by atoms with van der Waals surface area (Å²) >= 11 is 5.52. The molecule has 1 aromatic carbocycles. The minimum absolute atomic E-state index is 0.0308. The van der Waals surface area contributed by atoms with Crippen molar-refractivity contribution in [3.05, 3.63) is 34.6 Å². The Labute approximate surface area is 79.6 Å². The van der Waals surface area contributed by atoms with E-state index in [2.05, 4.69) is 5.16 Å². The third kappa shape index (κ3) is 2.59. The van der Waals surface area contributed by atoms with E-state index in [0.29, 0.717) is 5.56 Å². The molecule has 0 spiro atoms. The molecule has 0 aliphatic rings. The number of halogens is 2. The van der Waals surface area contributed by atoms with Crippen LogP contribution in [0.15, 0.2) is 23.4 Å². The summed E-state index contributed by atoms with van der Waals surface area (Å²) in [5.74, 6) is -0.424. The third-order valence-corrected chi connectivity index (χ3v) is 1.79. The molecule has 0 amide bonds. The second-order valence-electron chi connectivity index (χ2n) is 2.52. The number of rotatable bonds is 2. The Balaban J connectivity index is 2.86. The highest BCUT2D eigenvalue weighted by atomic mass is 35.5. The molecule has 3 nitrogen and oxygen atoms in total. The van der Waals surface area contributed by atoms with Gasteiger partial charge in [-0.15, -0.1) is 0 Å². The van der Waals surface area contributed by atoms with Crippen LogP contribution in [0.1, 0.15) is 5.56 Å². The maximum Gasteiger partial charge on any atom is 0.143 e. The van der Waals surface area contributed by atoms with Crippen LogP contribution >= 0.6 is 11.6 Å². The quantitative estimate of drug-likeness (QED) is 0.332. The first kappa shape index (κ1) is 9.80. The van der Waals surface area contributed by atoms with E-state index >= 15 is 0 Å². The molecule has 0 aliphatic carbocycles. The molecule has 0 saturated heterocycles. The largest absolute Gasteiger partial charge is 0.409 e. The van der Waals surface area contributed by atoms with Crippen molar-refractivity contribution in [2.75, 3.05) is 0 Å². The minimum Gasteiger partial charge on any atom is -0.409 e. The Kier molecular flexibility index (Phi) is 3.08. The van der Waals surface area contributed by atoms with E-state index in [1.54, 1.807) is 0 Å². The molecule has 0 radical (unpaired) electrons. The summed E-state index contributed by atoms with van der Waals surface area (Å²) in [5.41, 5.74) is 5.95. The first-order valence-electron chi connectivity index (χ1n) is 3.54. The fourth-order valence-corrected chi connectivity index (χ4v) is 1.10. The number of amidine groups is 1. The maximum atomic E-state index is 12.7. The summed E-state index contributed by atoms with van der Waals surface area (Å²) < 4.78 is 12.7. The van der Waals surface area contributed by atoms with Gasteiger partial charge in [-0.05, 0) is 17.7 Å². The summed E-state index contributed by atoms with van der Waals surface area (Å²) in [5, 5.41) is 11.1. The average molecular weight is 203 g/mol. The molecule has 70 valence electrons. The minimum atomic E-state index is -0.482. The Hall–Kier alpha value is -1.29. The third-order valence-electron chi connectivity index (χ3n) is 1.50. The molecule has 13 heavy (non-hydrogen) atoms. The maximum absolute atomic E-state index is 12.7. The normalized spacial score (nSPS) is 11.7. The fraction of sp³-hybridized carbons (Fsp3) is 0.125. The summed E-state index contributed by atoms with van der Waals surface area (Å²) in [4.78, 5) is 0. The van der Waals surface area contributed by atoms with Crippen molar-refractivity contribution in [1.82, 2.24) is 0 Å². The Morgan fingerprint density at radius 1 is 1.62 bits per heavy atom. The highest BCUT2D eigenvalue weighted by Gasteiger charge is 2.02. The van der Waals surface area contributed by atoms with Gasteiger partial charge in [-0.3, -0.25) is 0 Å². The van der Waals surface area contributed by atoms with Crippen LogP contribution in [0.3, 0.4) is 0 Å². The van der Waals surface area contributed by atoms with Gasteiger partial charge < -0.3 is 10.9 Å². The number of nitrogens with zero attached hydrogens (tertiary/aromatic N) is 1. The molecule has 5 heteroatoms. The van der Waals surface area contributed by atoms with E-state index in [1.807, 2.05) is 0 Å². The smallest absolute Gasteiger partial charge is 0.143 e. The van der Waals surface area contributed by atoms with E-state index in [-0.39, 0.29) is 17.3 Å². The van der Waals surface area contributed by atoms with Crippen LogP contribution in [0.2, 0.25) is 5.02 Å². The van der Waals surface area contributed by atoms with Crippen LogP contribution in [-0.2, 0) is 6.42 Å². The molecule has 0 heterocycles. The van der Waals surface area contributed by atoms with Crippen LogP contribution < -0.4 is 5.73 Å². The molecule has 0 aromatic heterocycles. The first-order valence-corrected chi connectivity index (χ1v) is 3.91. The van der Waals surface area contributed by atoms with E-state index in [4.69, 9.17) is 22.5 Å². The highest BCUT2D eigenvalue weighted by molar-refractivity contribution is 6.30. The second kappa shape index (κ2) is 4.09. The number of nitrogens with two attached hydrogens (primary N) is 1. The molecule has 0 bridgehead atoms. The molecule has 0 saturated carbocycles. The van der Waals surface area contributed by atoms with Crippen LogP contribution in [0.5, 0.6) is 0 Å². The summed E-state index contributed by atoms with van der Waals surface area (Å²) in [6, 6.07) is 4.20. The molecule has 0 aliphatic heterocycles. The van der Waals surface area contributed by atoms with Crippen LogP contribution in [0, 0.1) is 5.82 Å². The summed E-state index contributed by atoms with van der Waals surface area (Å²) in [6.45, 7) is 0. The summed E-state index contributed by atoms with van der Waals surface area (Å²) in [7, 11) is 0. The Bertz CT molecular complexity index is 341. The predicted octanol–water partition coefficient (Wildman–Crippen LogP) is 1.77. The Morgan fingerprint density at radius 2 is 2.31 bits per heavy atom. The lowest BCUT2D eigenvalue weighted by Gasteiger charge is -2.00. The lowest BCUT2D eigenvalue weighted by Crippen LogP contribution is -2.14. The van der Waals surface area contributed by atoms with E-state index in [9.17, 15) is 4.39 Å². The van der Waals surface area contributed by atoms with Gasteiger partial charge in [0, 0.05) is 6.42 Å². The van der Waals surface area contributed by atoms with Gasteiger partial charge in [0.15, 0.2) is 0 Å². The van der Waals surface area contributed by atoms with Crippen molar-refractivity contribution in [3.8, 4) is 0 Å². The van der Waals surface area contributed by atoms with Gasteiger partial charge in [0.1, 0.15) is 11.7 Å². The van der Waals surface area contributed by atoms with Crippen molar-refractivity contribution >= 4 is 17.4 Å². The SMILES string of the molecule is N/C(Cc1ccc(F)c(Cl)c1)=N\O. The molecule has 0 unspecified atom stereocenters. The van der Waals surface area contributed by atoms with Crippen molar-refractivity contribution in [2.24, 2.45) is 10.9 Å². The first-order chi connectivity index (χ1) is 6.13. The van der Waals surface area contributed by atoms with Gasteiger partial charge in [-0.25, -0.2) is 4.39 Å². The molecule has 0 atom stereocenters. The predicted molar refractivity (Wildman–Crippen MR) is 48.5 cm³/mol. The van der Waals surface area contributed by atoms with Gasteiger partial charge in [-0.2, -0.15) is 0 Å². The molecule has 3 N–H and O–H groups in total. The topological polar surface area (TPSA) is 58.6 Å². The number of hydrogen-bond acceptors (Lipinski definition) is 2. The number of benzene rings is 1. The van der Waals surface area contributed by atoms with Crippen LogP contribution in [0.4, 0.5) is 4.39 Å². The lowest BCUT2D eigenvalue weighted by atomic mass is 10.1. The van der Waals surface area contributed by atoms with Crippen LogP contribution in [0.25, 0.3) is 0 Å². The Morgan fingerprint density at radius 3 is 2.85 bits per heavy atom. The fourth-order valence-electron chi connectivity index (χ4n) is 0.894. The van der Waals surface area contributed by atoms with Gasteiger partial charge in [0.25, 0.3) is 0 Å².